The van der Waals surface area contributed by atoms with Gasteiger partial charge in [-0.1, -0.05) is 26.0 Å². The minimum Gasteiger partial charge on any atom is -0.462 e. The minimum absolute atomic E-state index is 0.0389. The van der Waals surface area contributed by atoms with Crippen LogP contribution in [0.1, 0.15) is 103 Å². The van der Waals surface area contributed by atoms with Crippen molar-refractivity contribution in [3.05, 3.63) is 34.9 Å². The van der Waals surface area contributed by atoms with Crippen molar-refractivity contribution in [1.29, 1.82) is 5.26 Å². The number of aldehydes is 1. The number of carbonyl (C=O) groups excluding carboxylic acids is 3. The number of aliphatic hydroxyl groups excluding tert-OH is 3. The first-order valence-corrected chi connectivity index (χ1v) is 20.3. The zero-order chi connectivity index (χ0) is 43.1. The lowest BCUT2D eigenvalue weighted by Crippen LogP contribution is -2.65. The number of esters is 2. The number of ether oxygens (including phenoxy) is 7. The molecule has 16 heteroatoms. The van der Waals surface area contributed by atoms with Crippen LogP contribution in [0.2, 0.25) is 0 Å². The molecule has 2 bridgehead atoms. The average molecular weight is 821 g/mol. The molecule has 0 saturated carbocycles. The van der Waals surface area contributed by atoms with Gasteiger partial charge in [0.2, 0.25) is 0 Å². The fourth-order valence-corrected chi connectivity index (χ4v) is 8.67. The summed E-state index contributed by atoms with van der Waals surface area (Å²) in [7, 11) is 4.85. The molecule has 4 aliphatic rings. The third-order valence-electron chi connectivity index (χ3n) is 11.5. The molecule has 0 aliphatic carbocycles. The SMILES string of the molecule is CCCC(=O)O[C@H]1[C@H](C)O[C@@H](O[C@H]2[C@H](N(C)C)[C@@H](O)[C@H](O[C@H]3[C@@H](OC)[C@@H](O)CC(=O)O[C@@H](C)Cc4ccc(c(C#N)c4)[C@H](O)[C@H](CC=O)C[C@H]3C)O[C@@H]2C)C[C@@]1(C)O. The van der Waals surface area contributed by atoms with E-state index < -0.39 is 115 Å². The summed E-state index contributed by atoms with van der Waals surface area (Å²) in [5, 5.41) is 56.6. The summed E-state index contributed by atoms with van der Waals surface area (Å²) >= 11 is 0. The molecule has 58 heavy (non-hydrogen) atoms. The number of nitriles is 1. The van der Waals surface area contributed by atoms with Gasteiger partial charge in [0.25, 0.3) is 0 Å². The van der Waals surface area contributed by atoms with E-state index in [2.05, 4.69) is 6.07 Å². The fraction of sp³-hybridized carbons (Fsp3) is 0.762. The minimum atomic E-state index is -1.49. The Morgan fingerprint density at radius 2 is 1.76 bits per heavy atom. The van der Waals surface area contributed by atoms with Crippen LogP contribution in [0.25, 0.3) is 0 Å². The van der Waals surface area contributed by atoms with E-state index in [9.17, 15) is 40.1 Å². The molecule has 4 aliphatic heterocycles. The lowest BCUT2D eigenvalue weighted by molar-refractivity contribution is -0.344. The van der Waals surface area contributed by atoms with Crippen LogP contribution in [0.15, 0.2) is 18.2 Å². The average Bonchev–Trinajstić information content (AvgIpc) is 3.13. The van der Waals surface area contributed by atoms with E-state index in [1.165, 1.54) is 7.11 Å². The van der Waals surface area contributed by atoms with E-state index in [4.69, 9.17) is 33.2 Å². The van der Waals surface area contributed by atoms with Gasteiger partial charge in [-0.15, -0.1) is 0 Å². The number of hydrogen-bond acceptors (Lipinski definition) is 16. The molecule has 4 N–H and O–H groups in total. The topological polar surface area (TPSA) is 224 Å². The van der Waals surface area contributed by atoms with Crippen LogP contribution in [0.4, 0.5) is 0 Å². The summed E-state index contributed by atoms with van der Waals surface area (Å²) in [4.78, 5) is 39.2. The molecule has 0 unspecified atom stereocenters. The van der Waals surface area contributed by atoms with Crippen molar-refractivity contribution in [2.75, 3.05) is 21.2 Å². The van der Waals surface area contributed by atoms with Crippen LogP contribution in [0, 0.1) is 23.2 Å². The molecule has 326 valence electrons. The Hall–Kier alpha value is -3.08. The molecule has 0 spiro atoms. The first-order valence-electron chi connectivity index (χ1n) is 20.3. The molecule has 2 fully saturated rings. The zero-order valence-electron chi connectivity index (χ0n) is 35.2. The summed E-state index contributed by atoms with van der Waals surface area (Å²) in [6.45, 7) is 10.3. The second kappa shape index (κ2) is 20.9. The summed E-state index contributed by atoms with van der Waals surface area (Å²) in [6.07, 6.45) is -11.1. The Bertz CT molecular complexity index is 1570. The quantitative estimate of drug-likeness (QED) is 0.186. The molecule has 0 aromatic heterocycles. The molecule has 0 radical (unpaired) electrons. The first-order chi connectivity index (χ1) is 27.3. The normalized spacial score (nSPS) is 39.1. The third kappa shape index (κ3) is 11.6. The number of carbonyl (C=O) groups is 3. The van der Waals surface area contributed by atoms with E-state index in [-0.39, 0.29) is 37.7 Å². The highest BCUT2D eigenvalue weighted by molar-refractivity contribution is 5.70. The largest absolute Gasteiger partial charge is 0.462 e. The molecule has 5 rings (SSSR count). The second-order valence-electron chi connectivity index (χ2n) is 16.7. The highest BCUT2D eigenvalue weighted by atomic mass is 16.7. The van der Waals surface area contributed by atoms with E-state index in [0.29, 0.717) is 23.8 Å². The monoisotopic (exact) mass is 820 g/mol. The number of nitrogens with zero attached hydrogens (tertiary/aromatic N) is 2. The molecule has 1 aromatic rings. The van der Waals surface area contributed by atoms with Crippen LogP contribution in [0.5, 0.6) is 0 Å². The summed E-state index contributed by atoms with van der Waals surface area (Å²) in [6, 6.07) is 6.39. The molecule has 4 heterocycles. The van der Waals surface area contributed by atoms with Gasteiger partial charge in [-0.25, -0.2) is 0 Å². The van der Waals surface area contributed by atoms with Crippen LogP contribution in [-0.2, 0) is 54.0 Å². The van der Waals surface area contributed by atoms with Crippen LogP contribution in [0.3, 0.4) is 0 Å². The van der Waals surface area contributed by atoms with Gasteiger partial charge in [0.15, 0.2) is 18.7 Å². The number of fused-ring (bicyclic) bond motifs is 13. The molecule has 0 amide bonds. The Morgan fingerprint density at radius 1 is 1.05 bits per heavy atom. The van der Waals surface area contributed by atoms with Gasteiger partial charge >= 0.3 is 11.9 Å². The lowest BCUT2D eigenvalue weighted by Gasteiger charge is -2.50. The highest BCUT2D eigenvalue weighted by Crippen LogP contribution is 2.39. The van der Waals surface area contributed by atoms with Crippen molar-refractivity contribution in [2.24, 2.45) is 11.8 Å². The molecule has 16 atom stereocenters. The van der Waals surface area contributed by atoms with Gasteiger partial charge in [-0.05, 0) is 83.7 Å². The van der Waals surface area contributed by atoms with E-state index in [1.54, 1.807) is 71.8 Å². The number of likely N-dealkylation sites (N-methyl/N-ethyl adjacent to an activating group) is 1. The third-order valence-corrected chi connectivity index (χ3v) is 11.5. The van der Waals surface area contributed by atoms with Gasteiger partial charge in [0.1, 0.15) is 36.3 Å². The van der Waals surface area contributed by atoms with Gasteiger partial charge in [0.05, 0.1) is 54.6 Å². The standard InChI is InChI=1S/C42H64N2O14/c1-10-11-31(47)56-40-25(5)54-33(20-42(40,6)51)57-38-24(4)55-41(36(50)34(38)44(7)8)58-37-22(2)16-27(14-15-45)35(49)29-13-12-26(18-28(29)21-43)17-23(3)53-32(48)19-30(46)39(37)52-9/h12-13,15,18,22-25,27,30,33-41,46,49-51H,10-11,14,16-17,19-20H2,1-9H3/t22-,23+,24-,25+,27-,30+,33+,34-,35-,36-,37-,38-,39+,40+,41+,42-/m1/s1. The van der Waals surface area contributed by atoms with Gasteiger partial charge < -0.3 is 63.3 Å². The number of methoxy groups -OCH3 is 1. The van der Waals surface area contributed by atoms with E-state index in [1.807, 2.05) is 6.92 Å². The van der Waals surface area contributed by atoms with Crippen molar-refractivity contribution in [3.63, 3.8) is 0 Å². The molecule has 16 nitrogen and oxygen atoms in total. The number of rotatable bonds is 11. The Balaban J connectivity index is 1.63. The smallest absolute Gasteiger partial charge is 0.308 e. The van der Waals surface area contributed by atoms with Crippen LogP contribution < -0.4 is 0 Å². The summed E-state index contributed by atoms with van der Waals surface area (Å²) in [5.74, 6) is -2.43. The van der Waals surface area contributed by atoms with Gasteiger partial charge in [0, 0.05) is 32.8 Å². The second-order valence-corrected chi connectivity index (χ2v) is 16.7. The molecular weight excluding hydrogens is 756 g/mol. The summed E-state index contributed by atoms with van der Waals surface area (Å²) in [5.41, 5.74) is -0.214. The number of aliphatic hydroxyl groups is 4. The highest BCUT2D eigenvalue weighted by Gasteiger charge is 2.52. The van der Waals surface area contributed by atoms with Gasteiger partial charge in [-0.3, -0.25) is 9.59 Å². The number of hydrogen-bond donors (Lipinski definition) is 4. The van der Waals surface area contributed by atoms with Crippen LogP contribution >= 0.6 is 0 Å². The maximum atomic E-state index is 13.1. The molecule has 1 aromatic carbocycles. The van der Waals surface area contributed by atoms with Crippen molar-refractivity contribution in [2.45, 2.75) is 172 Å². The first kappa shape index (κ1) is 47.6. The van der Waals surface area contributed by atoms with Crippen LogP contribution in [-0.4, -0.2) is 144 Å². The maximum absolute atomic E-state index is 13.1. The fourth-order valence-electron chi connectivity index (χ4n) is 8.67. The Kier molecular flexibility index (Phi) is 17.2. The Labute approximate surface area is 341 Å². The van der Waals surface area contributed by atoms with Crippen molar-refractivity contribution >= 4 is 18.2 Å². The predicted molar refractivity (Wildman–Crippen MR) is 207 cm³/mol. The lowest BCUT2D eigenvalue weighted by atomic mass is 9.80. The number of benzene rings is 1. The van der Waals surface area contributed by atoms with E-state index >= 15 is 0 Å². The molecular formula is C42H64N2O14. The van der Waals surface area contributed by atoms with Crippen molar-refractivity contribution < 1.29 is 68.0 Å². The zero-order valence-corrected chi connectivity index (χ0v) is 35.2. The Morgan fingerprint density at radius 3 is 2.36 bits per heavy atom. The van der Waals surface area contributed by atoms with Crippen molar-refractivity contribution in [3.8, 4) is 6.07 Å². The molecule has 2 saturated heterocycles. The van der Waals surface area contributed by atoms with Gasteiger partial charge in [-0.2, -0.15) is 5.26 Å². The maximum Gasteiger partial charge on any atom is 0.308 e. The summed E-state index contributed by atoms with van der Waals surface area (Å²) < 4.78 is 42.5. The van der Waals surface area contributed by atoms with E-state index in [0.717, 1.165) is 0 Å². The predicted octanol–water partition coefficient (Wildman–Crippen LogP) is 2.48. The van der Waals surface area contributed by atoms with Crippen molar-refractivity contribution in [1.82, 2.24) is 4.90 Å².